The zero-order chi connectivity index (χ0) is 14.7. The Morgan fingerprint density at radius 1 is 1.35 bits per heavy atom. The highest BCUT2D eigenvalue weighted by Gasteiger charge is 2.17. The van der Waals surface area contributed by atoms with E-state index in [1.54, 1.807) is 0 Å². The summed E-state index contributed by atoms with van der Waals surface area (Å²) >= 11 is 5.67. The minimum absolute atomic E-state index is 0.150. The molecule has 20 heavy (non-hydrogen) atoms. The van der Waals surface area contributed by atoms with Gasteiger partial charge >= 0.3 is 0 Å². The highest BCUT2D eigenvalue weighted by Crippen LogP contribution is 2.30. The Balaban J connectivity index is 2.27. The average molecular weight is 295 g/mol. The number of hydrogen-bond donors (Lipinski definition) is 1. The molecule has 0 aliphatic carbocycles. The molecule has 0 amide bonds. The number of benzene rings is 2. The van der Waals surface area contributed by atoms with Crippen LogP contribution in [0, 0.1) is 22.9 Å². The molecule has 4 nitrogen and oxygen atoms in total. The van der Waals surface area contributed by atoms with Crippen molar-refractivity contribution in [2.24, 2.45) is 0 Å². The number of hydrogen-bond acceptors (Lipinski definition) is 3. The summed E-state index contributed by atoms with van der Waals surface area (Å²) in [5, 5.41) is 13.7. The molecule has 104 valence electrons. The van der Waals surface area contributed by atoms with Crippen molar-refractivity contribution in [2.75, 3.05) is 5.32 Å². The van der Waals surface area contributed by atoms with Gasteiger partial charge in [-0.15, -0.1) is 0 Å². The van der Waals surface area contributed by atoms with Crippen LogP contribution in [-0.2, 0) is 6.54 Å². The summed E-state index contributed by atoms with van der Waals surface area (Å²) in [7, 11) is 0. The van der Waals surface area contributed by atoms with E-state index in [-0.39, 0.29) is 16.4 Å². The molecule has 0 aliphatic heterocycles. The van der Waals surface area contributed by atoms with Crippen molar-refractivity contribution >= 4 is 23.0 Å². The Morgan fingerprint density at radius 3 is 2.70 bits per heavy atom. The molecule has 1 N–H and O–H groups in total. The molecule has 2 aromatic carbocycles. The molecule has 0 saturated heterocycles. The van der Waals surface area contributed by atoms with Crippen molar-refractivity contribution in [3.8, 4) is 0 Å². The lowest BCUT2D eigenvalue weighted by Gasteiger charge is -2.10. The first-order valence-corrected chi connectivity index (χ1v) is 6.28. The zero-order valence-electron chi connectivity index (χ0n) is 10.7. The number of nitro benzene ring substituents is 1. The minimum atomic E-state index is -0.806. The summed E-state index contributed by atoms with van der Waals surface area (Å²) < 4.78 is 13.3. The quantitative estimate of drug-likeness (QED) is 0.675. The van der Waals surface area contributed by atoms with Gasteiger partial charge in [0.1, 0.15) is 11.5 Å². The topological polar surface area (TPSA) is 55.2 Å². The molecular weight excluding hydrogens is 283 g/mol. The van der Waals surface area contributed by atoms with E-state index < -0.39 is 10.7 Å². The molecule has 0 saturated carbocycles. The minimum Gasteiger partial charge on any atom is -0.375 e. The van der Waals surface area contributed by atoms with Gasteiger partial charge in [-0.2, -0.15) is 0 Å². The molecule has 0 radical (unpaired) electrons. The largest absolute Gasteiger partial charge is 0.375 e. The number of nitrogens with one attached hydrogen (secondary N) is 1. The van der Waals surface area contributed by atoms with Crippen molar-refractivity contribution in [1.29, 1.82) is 0 Å². The van der Waals surface area contributed by atoms with E-state index in [4.69, 9.17) is 11.6 Å². The molecule has 6 heteroatoms. The number of nitro groups is 1. The summed E-state index contributed by atoms with van der Waals surface area (Å²) in [6.07, 6.45) is 0. The number of nitrogens with zero attached hydrogens (tertiary/aromatic N) is 1. The molecule has 0 bridgehead atoms. The lowest BCUT2D eigenvalue weighted by atomic mass is 10.1. The van der Waals surface area contributed by atoms with Gasteiger partial charge < -0.3 is 5.32 Å². The van der Waals surface area contributed by atoms with Gasteiger partial charge in [-0.1, -0.05) is 35.9 Å². The summed E-state index contributed by atoms with van der Waals surface area (Å²) in [5.41, 5.74) is 1.93. The molecule has 2 aromatic rings. The molecule has 0 aromatic heterocycles. The Labute approximate surface area is 120 Å². The van der Waals surface area contributed by atoms with Crippen molar-refractivity contribution < 1.29 is 9.31 Å². The Hall–Kier alpha value is -2.14. The Morgan fingerprint density at radius 2 is 2.05 bits per heavy atom. The second-order valence-electron chi connectivity index (χ2n) is 4.32. The third-order valence-corrected chi connectivity index (χ3v) is 3.26. The molecule has 0 fully saturated rings. The van der Waals surface area contributed by atoms with E-state index in [9.17, 15) is 14.5 Å². The van der Waals surface area contributed by atoms with E-state index in [1.165, 1.54) is 6.07 Å². The normalized spacial score (nSPS) is 10.3. The first-order chi connectivity index (χ1) is 9.49. The predicted octanol–water partition coefficient (Wildman–Crippen LogP) is 4.31. The van der Waals surface area contributed by atoms with Crippen molar-refractivity contribution in [3.05, 3.63) is 68.5 Å². The van der Waals surface area contributed by atoms with Crippen LogP contribution in [0.15, 0.2) is 36.4 Å². The maximum Gasteiger partial charge on any atom is 0.295 e. The van der Waals surface area contributed by atoms with Gasteiger partial charge in [0.05, 0.1) is 16.0 Å². The fraction of sp³-hybridized carbons (Fsp3) is 0.143. The van der Waals surface area contributed by atoms with Crippen molar-refractivity contribution in [3.63, 3.8) is 0 Å². The van der Waals surface area contributed by atoms with Crippen LogP contribution < -0.4 is 5.32 Å². The highest BCUT2D eigenvalue weighted by molar-refractivity contribution is 6.31. The van der Waals surface area contributed by atoms with Gasteiger partial charge in [0.2, 0.25) is 0 Å². The third-order valence-electron chi connectivity index (χ3n) is 2.97. The van der Waals surface area contributed by atoms with Crippen LogP contribution in [0.2, 0.25) is 5.02 Å². The molecule has 0 atom stereocenters. The predicted molar refractivity (Wildman–Crippen MR) is 76.6 cm³/mol. The van der Waals surface area contributed by atoms with Crippen molar-refractivity contribution in [2.45, 2.75) is 13.5 Å². The van der Waals surface area contributed by atoms with Gasteiger partial charge in [-0.05, 0) is 24.1 Å². The van der Waals surface area contributed by atoms with E-state index in [0.29, 0.717) is 6.54 Å². The van der Waals surface area contributed by atoms with Gasteiger partial charge in [0.15, 0.2) is 0 Å². The summed E-state index contributed by atoms with van der Waals surface area (Å²) in [6, 6.07) is 9.71. The average Bonchev–Trinajstić information content (AvgIpc) is 2.41. The van der Waals surface area contributed by atoms with Crippen LogP contribution in [0.25, 0.3) is 0 Å². The number of anilines is 1. The lowest BCUT2D eigenvalue weighted by molar-refractivity contribution is -0.384. The number of rotatable bonds is 4. The van der Waals surface area contributed by atoms with Gasteiger partial charge in [0, 0.05) is 6.54 Å². The molecule has 0 spiro atoms. The first kappa shape index (κ1) is 14.3. The third kappa shape index (κ3) is 3.05. The van der Waals surface area contributed by atoms with E-state index >= 15 is 0 Å². The Bertz CT molecular complexity index is 662. The molecule has 0 aliphatic rings. The fourth-order valence-electron chi connectivity index (χ4n) is 1.83. The van der Waals surface area contributed by atoms with E-state index in [0.717, 1.165) is 17.2 Å². The van der Waals surface area contributed by atoms with Gasteiger partial charge in [0.25, 0.3) is 5.69 Å². The number of halogens is 2. The summed E-state index contributed by atoms with van der Waals surface area (Å²) in [4.78, 5) is 10.3. The smallest absolute Gasteiger partial charge is 0.295 e. The van der Waals surface area contributed by atoms with Crippen LogP contribution >= 0.6 is 11.6 Å². The van der Waals surface area contributed by atoms with Crippen molar-refractivity contribution in [1.82, 2.24) is 0 Å². The first-order valence-electron chi connectivity index (χ1n) is 5.91. The lowest BCUT2D eigenvalue weighted by Crippen LogP contribution is -2.04. The van der Waals surface area contributed by atoms with Gasteiger partial charge in [-0.25, -0.2) is 4.39 Å². The fourth-order valence-corrected chi connectivity index (χ4v) is 1.99. The van der Waals surface area contributed by atoms with Crippen LogP contribution in [0.5, 0.6) is 0 Å². The number of aryl methyl sites for hydroxylation is 1. The zero-order valence-corrected chi connectivity index (χ0v) is 11.4. The van der Waals surface area contributed by atoms with Crippen LogP contribution in [0.1, 0.15) is 11.1 Å². The molecule has 0 unspecified atom stereocenters. The van der Waals surface area contributed by atoms with E-state index in [2.05, 4.69) is 5.32 Å². The van der Waals surface area contributed by atoms with Gasteiger partial charge in [-0.3, -0.25) is 10.1 Å². The highest BCUT2D eigenvalue weighted by atomic mass is 35.5. The van der Waals surface area contributed by atoms with Crippen LogP contribution in [0.3, 0.4) is 0 Å². The second kappa shape index (κ2) is 5.88. The second-order valence-corrected chi connectivity index (χ2v) is 4.73. The molecule has 2 rings (SSSR count). The maximum absolute atomic E-state index is 13.3. The molecule has 0 heterocycles. The van der Waals surface area contributed by atoms with Crippen LogP contribution in [0.4, 0.5) is 15.8 Å². The SMILES string of the molecule is Cc1ccccc1CNc1cc(Cl)c(F)cc1[N+](=O)[O-]. The van der Waals surface area contributed by atoms with E-state index in [1.807, 2.05) is 31.2 Å². The monoisotopic (exact) mass is 294 g/mol. The summed E-state index contributed by atoms with van der Waals surface area (Å²) in [6.45, 7) is 2.35. The van der Waals surface area contributed by atoms with Crippen LogP contribution in [-0.4, -0.2) is 4.92 Å². The Kier molecular flexibility index (Phi) is 4.20. The maximum atomic E-state index is 13.3. The standard InChI is InChI=1S/C14H12ClFN2O2/c1-9-4-2-3-5-10(9)8-17-13-6-11(15)12(16)7-14(13)18(19)20/h2-7,17H,8H2,1H3. The molecular formula is C14H12ClFN2O2. The summed E-state index contributed by atoms with van der Waals surface area (Å²) in [5.74, 6) is -0.806.